The van der Waals surface area contributed by atoms with Gasteiger partial charge in [0.15, 0.2) is 5.75 Å². The predicted octanol–water partition coefficient (Wildman–Crippen LogP) is 5.58. The first kappa shape index (κ1) is 14.6. The van der Waals surface area contributed by atoms with Crippen LogP contribution in [0, 0.1) is 0 Å². The normalized spacial score (nSPS) is 10.5. The topological polar surface area (TPSA) is 29.5 Å². The van der Waals surface area contributed by atoms with Gasteiger partial charge in [-0.2, -0.15) is 0 Å². The third-order valence-corrected chi connectivity index (χ3v) is 3.65. The molecular weight excluding hydrogens is 330 g/mol. The Bertz CT molecular complexity index is 591. The number of ether oxygens (including phenoxy) is 1. The van der Waals surface area contributed by atoms with Crippen LogP contribution in [0.4, 0.5) is 0 Å². The molecule has 0 aliphatic rings. The molecule has 0 aromatic heterocycles. The molecule has 0 unspecified atom stereocenters. The minimum Gasteiger partial charge on any atom is -0.508 e. The van der Waals surface area contributed by atoms with Crippen molar-refractivity contribution in [3.63, 3.8) is 0 Å². The van der Waals surface area contributed by atoms with Crippen LogP contribution in [0.15, 0.2) is 30.3 Å². The van der Waals surface area contributed by atoms with Crippen molar-refractivity contribution in [3.8, 4) is 11.5 Å². The predicted molar refractivity (Wildman–Crippen MR) is 78.9 cm³/mol. The molecule has 2 aromatic rings. The molecule has 0 saturated heterocycles. The molecule has 6 heteroatoms. The number of halogens is 4. The Morgan fingerprint density at radius 2 is 1.47 bits per heavy atom. The van der Waals surface area contributed by atoms with E-state index in [0.29, 0.717) is 15.8 Å². The lowest BCUT2D eigenvalue weighted by Crippen LogP contribution is -1.96. The minimum atomic E-state index is -0.0168. The molecule has 0 saturated carbocycles. The Kier molecular flexibility index (Phi) is 4.69. The number of hydrogen-bond acceptors (Lipinski definition) is 2. The van der Waals surface area contributed by atoms with E-state index < -0.39 is 0 Å². The zero-order valence-corrected chi connectivity index (χ0v) is 12.5. The van der Waals surface area contributed by atoms with Gasteiger partial charge in [-0.3, -0.25) is 0 Å². The number of benzene rings is 2. The number of phenols is 1. The van der Waals surface area contributed by atoms with E-state index in [1.807, 2.05) is 0 Å². The lowest BCUT2D eigenvalue weighted by atomic mass is 10.2. The maximum absolute atomic E-state index is 9.31. The van der Waals surface area contributed by atoms with Crippen molar-refractivity contribution < 1.29 is 9.84 Å². The largest absolute Gasteiger partial charge is 0.508 e. The summed E-state index contributed by atoms with van der Waals surface area (Å²) < 4.78 is 5.53. The van der Waals surface area contributed by atoms with Gasteiger partial charge in [0.05, 0.1) is 20.1 Å². The minimum absolute atomic E-state index is 0.0168. The quantitative estimate of drug-likeness (QED) is 0.791. The van der Waals surface area contributed by atoms with Crippen LogP contribution in [0.25, 0.3) is 0 Å². The average Bonchev–Trinajstić information content (AvgIpc) is 2.32. The van der Waals surface area contributed by atoms with E-state index in [1.54, 1.807) is 18.2 Å². The summed E-state index contributed by atoms with van der Waals surface area (Å²) in [7, 11) is 0. The summed E-state index contributed by atoms with van der Waals surface area (Å²) in [4.78, 5) is 0. The summed E-state index contributed by atoms with van der Waals surface area (Å²) in [5.41, 5.74) is 0.828. The van der Waals surface area contributed by atoms with Gasteiger partial charge in [-0.15, -0.1) is 0 Å². The fraction of sp³-hybridized carbons (Fsp3) is 0.0769. The highest BCUT2D eigenvalue weighted by Crippen LogP contribution is 2.37. The molecular formula is C13H8Cl4O2. The maximum atomic E-state index is 9.31. The van der Waals surface area contributed by atoms with Gasteiger partial charge >= 0.3 is 0 Å². The summed E-state index contributed by atoms with van der Waals surface area (Å²) in [5, 5.41) is 10.7. The highest BCUT2D eigenvalue weighted by atomic mass is 35.5. The zero-order valence-electron chi connectivity index (χ0n) is 9.46. The number of phenolic OH excluding ortho intramolecular Hbond substituents is 1. The standard InChI is InChI=1S/C13H8Cl4O2/c14-9-2-1-7(3-10(9)15)6-19-13-11(16)4-8(18)5-12(13)17/h1-5,18H,6H2. The van der Waals surface area contributed by atoms with Crippen LogP contribution < -0.4 is 4.74 Å². The molecule has 0 atom stereocenters. The van der Waals surface area contributed by atoms with Crippen molar-refractivity contribution in [2.75, 3.05) is 0 Å². The lowest BCUT2D eigenvalue weighted by Gasteiger charge is -2.10. The molecule has 0 bridgehead atoms. The van der Waals surface area contributed by atoms with Crippen LogP contribution in [0.3, 0.4) is 0 Å². The van der Waals surface area contributed by atoms with Gasteiger partial charge in [-0.1, -0.05) is 52.5 Å². The fourth-order valence-corrected chi connectivity index (χ4v) is 2.37. The molecule has 2 aromatic carbocycles. The number of aromatic hydroxyl groups is 1. The molecule has 1 N–H and O–H groups in total. The molecule has 0 aliphatic carbocycles. The molecule has 0 heterocycles. The molecule has 0 amide bonds. The molecule has 0 aliphatic heterocycles. The highest BCUT2D eigenvalue weighted by Gasteiger charge is 2.10. The first-order valence-electron chi connectivity index (χ1n) is 5.22. The van der Waals surface area contributed by atoms with Crippen molar-refractivity contribution in [2.24, 2.45) is 0 Å². The number of hydrogen-bond donors (Lipinski definition) is 1. The van der Waals surface area contributed by atoms with Gasteiger partial charge < -0.3 is 9.84 Å². The molecule has 100 valence electrons. The first-order chi connectivity index (χ1) is 8.97. The summed E-state index contributed by atoms with van der Waals surface area (Å²) in [6.45, 7) is 0.237. The van der Waals surface area contributed by atoms with Crippen LogP contribution in [-0.4, -0.2) is 5.11 Å². The summed E-state index contributed by atoms with van der Waals surface area (Å²) in [6, 6.07) is 7.89. The van der Waals surface area contributed by atoms with Crippen molar-refractivity contribution >= 4 is 46.4 Å². The van der Waals surface area contributed by atoms with E-state index in [0.717, 1.165) is 5.56 Å². The molecule has 0 spiro atoms. The molecule has 19 heavy (non-hydrogen) atoms. The lowest BCUT2D eigenvalue weighted by molar-refractivity contribution is 0.306. The van der Waals surface area contributed by atoms with E-state index in [4.69, 9.17) is 51.1 Å². The Morgan fingerprint density at radius 3 is 2.05 bits per heavy atom. The van der Waals surface area contributed by atoms with E-state index >= 15 is 0 Å². The van der Waals surface area contributed by atoms with Gasteiger partial charge in [0.25, 0.3) is 0 Å². The van der Waals surface area contributed by atoms with Gasteiger partial charge in [0, 0.05) is 12.1 Å². The van der Waals surface area contributed by atoms with Crippen LogP contribution in [0.1, 0.15) is 5.56 Å². The fourth-order valence-electron chi connectivity index (χ4n) is 1.47. The first-order valence-corrected chi connectivity index (χ1v) is 6.73. The SMILES string of the molecule is Oc1cc(Cl)c(OCc2ccc(Cl)c(Cl)c2)c(Cl)c1. The highest BCUT2D eigenvalue weighted by molar-refractivity contribution is 6.42. The summed E-state index contributed by atoms with van der Waals surface area (Å²) >= 11 is 23.6. The Labute approximate surface area is 130 Å². The Balaban J connectivity index is 2.16. The smallest absolute Gasteiger partial charge is 0.157 e. The van der Waals surface area contributed by atoms with E-state index in [-0.39, 0.29) is 22.4 Å². The van der Waals surface area contributed by atoms with Crippen LogP contribution in [0.2, 0.25) is 20.1 Å². The second-order valence-corrected chi connectivity index (χ2v) is 5.40. The molecule has 2 rings (SSSR count). The maximum Gasteiger partial charge on any atom is 0.157 e. The van der Waals surface area contributed by atoms with Crippen molar-refractivity contribution in [3.05, 3.63) is 56.0 Å². The van der Waals surface area contributed by atoms with Crippen molar-refractivity contribution in [2.45, 2.75) is 6.61 Å². The summed E-state index contributed by atoms with van der Waals surface area (Å²) in [5.74, 6) is 0.295. The van der Waals surface area contributed by atoms with Gasteiger partial charge in [-0.05, 0) is 17.7 Å². The Morgan fingerprint density at radius 1 is 0.842 bits per heavy atom. The van der Waals surface area contributed by atoms with E-state index in [2.05, 4.69) is 0 Å². The van der Waals surface area contributed by atoms with Crippen LogP contribution in [-0.2, 0) is 6.61 Å². The second kappa shape index (κ2) is 6.10. The Hall–Kier alpha value is -0.800. The van der Waals surface area contributed by atoms with E-state index in [9.17, 15) is 5.11 Å². The number of rotatable bonds is 3. The molecule has 2 nitrogen and oxygen atoms in total. The molecule has 0 radical (unpaired) electrons. The van der Waals surface area contributed by atoms with Gasteiger partial charge in [0.1, 0.15) is 12.4 Å². The molecule has 0 fully saturated rings. The van der Waals surface area contributed by atoms with Crippen LogP contribution in [0.5, 0.6) is 11.5 Å². The van der Waals surface area contributed by atoms with Crippen molar-refractivity contribution in [1.82, 2.24) is 0 Å². The monoisotopic (exact) mass is 336 g/mol. The van der Waals surface area contributed by atoms with Gasteiger partial charge in [-0.25, -0.2) is 0 Å². The zero-order chi connectivity index (χ0) is 14.0. The van der Waals surface area contributed by atoms with Crippen LogP contribution >= 0.6 is 46.4 Å². The summed E-state index contributed by atoms with van der Waals surface area (Å²) in [6.07, 6.45) is 0. The van der Waals surface area contributed by atoms with Crippen molar-refractivity contribution in [1.29, 1.82) is 0 Å². The van der Waals surface area contributed by atoms with E-state index in [1.165, 1.54) is 12.1 Å². The third kappa shape index (κ3) is 3.61. The van der Waals surface area contributed by atoms with Gasteiger partial charge in [0.2, 0.25) is 0 Å². The average molecular weight is 338 g/mol. The third-order valence-electron chi connectivity index (χ3n) is 2.35. The second-order valence-electron chi connectivity index (χ2n) is 3.78.